The first-order chi connectivity index (χ1) is 13.8. The van der Waals surface area contributed by atoms with Gasteiger partial charge in [0.2, 0.25) is 0 Å². The molecule has 3 aromatic carbocycles. The number of ether oxygens (including phenoxy) is 3. The summed E-state index contributed by atoms with van der Waals surface area (Å²) in [6, 6.07) is 20.6. The molecule has 28 heavy (non-hydrogen) atoms. The fourth-order valence-electron chi connectivity index (χ4n) is 3.97. The van der Waals surface area contributed by atoms with Crippen molar-refractivity contribution < 1.29 is 14.2 Å². The lowest BCUT2D eigenvalue weighted by atomic mass is 10.1. The summed E-state index contributed by atoms with van der Waals surface area (Å²) >= 11 is 1.93. The fraction of sp³-hybridized carbons (Fsp3) is 0.217. The van der Waals surface area contributed by atoms with Gasteiger partial charge in [-0.1, -0.05) is 24.3 Å². The van der Waals surface area contributed by atoms with Gasteiger partial charge in [-0.3, -0.25) is 0 Å². The number of benzene rings is 3. The molecule has 0 bridgehead atoms. The molecule has 0 fully saturated rings. The molecule has 2 atom stereocenters. The predicted octanol–water partition coefficient (Wildman–Crippen LogP) is 5.35. The average Bonchev–Trinajstić information content (AvgIpc) is 3.39. The first-order valence-corrected chi connectivity index (χ1v) is 10.5. The Morgan fingerprint density at radius 1 is 0.857 bits per heavy atom. The lowest BCUT2D eigenvalue weighted by Crippen LogP contribution is -2.21. The highest BCUT2D eigenvalue weighted by Gasteiger charge is 2.28. The van der Waals surface area contributed by atoms with Crippen LogP contribution in [0.3, 0.4) is 0 Å². The topological polar surface area (TPSA) is 39.7 Å². The third kappa shape index (κ3) is 2.69. The second-order valence-electron chi connectivity index (χ2n) is 7.23. The Morgan fingerprint density at radius 3 is 2.71 bits per heavy atom. The van der Waals surface area contributed by atoms with Crippen molar-refractivity contribution in [2.75, 3.05) is 17.7 Å². The third-order valence-electron chi connectivity index (χ3n) is 5.43. The Kier molecular flexibility index (Phi) is 3.69. The van der Waals surface area contributed by atoms with Crippen molar-refractivity contribution in [2.45, 2.75) is 23.6 Å². The first kappa shape index (κ1) is 16.2. The number of fused-ring (bicyclic) bond motifs is 3. The quantitative estimate of drug-likeness (QED) is 0.640. The van der Waals surface area contributed by atoms with Crippen molar-refractivity contribution in [3.05, 3.63) is 77.4 Å². The SMILES string of the molecule is c1ccc2c(c1)OCC(c1ccc3c(c1)NC(c1ccc4c(c1)CCS4)O3)O2. The highest BCUT2D eigenvalue weighted by molar-refractivity contribution is 7.99. The minimum Gasteiger partial charge on any atom is -0.485 e. The second kappa shape index (κ2) is 6.38. The van der Waals surface area contributed by atoms with E-state index < -0.39 is 0 Å². The molecular weight excluding hydrogens is 370 g/mol. The van der Waals surface area contributed by atoms with Crippen LogP contribution < -0.4 is 19.5 Å². The van der Waals surface area contributed by atoms with E-state index in [-0.39, 0.29) is 12.3 Å². The first-order valence-electron chi connectivity index (χ1n) is 9.55. The Labute approximate surface area is 167 Å². The van der Waals surface area contributed by atoms with Gasteiger partial charge in [0, 0.05) is 16.2 Å². The maximum Gasteiger partial charge on any atom is 0.196 e. The molecule has 3 aliphatic heterocycles. The molecule has 3 aromatic rings. The van der Waals surface area contributed by atoms with Crippen LogP contribution in [0.1, 0.15) is 29.0 Å². The largest absolute Gasteiger partial charge is 0.485 e. The summed E-state index contributed by atoms with van der Waals surface area (Å²) < 4.78 is 18.2. The van der Waals surface area contributed by atoms with E-state index in [2.05, 4.69) is 35.6 Å². The summed E-state index contributed by atoms with van der Waals surface area (Å²) in [4.78, 5) is 1.40. The van der Waals surface area contributed by atoms with Crippen molar-refractivity contribution in [2.24, 2.45) is 0 Å². The van der Waals surface area contributed by atoms with Crippen LogP contribution in [0, 0.1) is 0 Å². The van der Waals surface area contributed by atoms with Gasteiger partial charge in [-0.25, -0.2) is 0 Å². The number of thioether (sulfide) groups is 1. The van der Waals surface area contributed by atoms with E-state index in [0.717, 1.165) is 34.9 Å². The molecule has 140 valence electrons. The summed E-state index contributed by atoms with van der Waals surface area (Å²) in [5.74, 6) is 3.64. The van der Waals surface area contributed by atoms with E-state index in [9.17, 15) is 0 Å². The van der Waals surface area contributed by atoms with Gasteiger partial charge in [0.25, 0.3) is 0 Å². The Hall–Kier alpha value is -2.79. The van der Waals surface area contributed by atoms with E-state index in [1.807, 2.05) is 42.1 Å². The molecule has 0 saturated heterocycles. The Balaban J connectivity index is 1.24. The van der Waals surface area contributed by atoms with Crippen molar-refractivity contribution in [3.63, 3.8) is 0 Å². The summed E-state index contributed by atoms with van der Waals surface area (Å²) in [7, 11) is 0. The van der Waals surface area contributed by atoms with E-state index in [0.29, 0.717) is 6.61 Å². The Morgan fingerprint density at radius 2 is 1.75 bits per heavy atom. The molecule has 6 rings (SSSR count). The van der Waals surface area contributed by atoms with Crippen molar-refractivity contribution >= 4 is 17.4 Å². The van der Waals surface area contributed by atoms with Gasteiger partial charge >= 0.3 is 0 Å². The van der Waals surface area contributed by atoms with Crippen molar-refractivity contribution in [3.8, 4) is 17.2 Å². The normalized spacial score (nSPS) is 21.4. The lowest BCUT2D eigenvalue weighted by molar-refractivity contribution is 0.0913. The van der Waals surface area contributed by atoms with Crippen molar-refractivity contribution in [1.82, 2.24) is 0 Å². The molecule has 4 nitrogen and oxygen atoms in total. The average molecular weight is 389 g/mol. The van der Waals surface area contributed by atoms with Crippen LogP contribution in [-0.2, 0) is 6.42 Å². The summed E-state index contributed by atoms with van der Waals surface area (Å²) in [5, 5.41) is 3.52. The van der Waals surface area contributed by atoms with Crippen LogP contribution >= 0.6 is 11.8 Å². The van der Waals surface area contributed by atoms with Crippen LogP contribution in [0.15, 0.2) is 65.6 Å². The highest BCUT2D eigenvalue weighted by atomic mass is 32.2. The number of anilines is 1. The molecule has 0 aliphatic carbocycles. The molecule has 5 heteroatoms. The van der Waals surface area contributed by atoms with Gasteiger partial charge in [0.15, 0.2) is 23.8 Å². The zero-order chi connectivity index (χ0) is 18.5. The third-order valence-corrected chi connectivity index (χ3v) is 6.55. The maximum atomic E-state index is 6.16. The number of nitrogens with one attached hydrogen (secondary N) is 1. The minimum absolute atomic E-state index is 0.127. The summed E-state index contributed by atoms with van der Waals surface area (Å²) in [5.41, 5.74) is 4.68. The fourth-order valence-corrected chi connectivity index (χ4v) is 5.02. The number of rotatable bonds is 2. The van der Waals surface area contributed by atoms with Crippen LogP contribution in [0.25, 0.3) is 0 Å². The predicted molar refractivity (Wildman–Crippen MR) is 110 cm³/mol. The van der Waals surface area contributed by atoms with E-state index >= 15 is 0 Å². The number of aryl methyl sites for hydroxylation is 1. The molecule has 2 unspecified atom stereocenters. The van der Waals surface area contributed by atoms with E-state index in [4.69, 9.17) is 14.2 Å². The van der Waals surface area contributed by atoms with Gasteiger partial charge < -0.3 is 19.5 Å². The van der Waals surface area contributed by atoms with E-state index in [1.165, 1.54) is 21.8 Å². The maximum absolute atomic E-state index is 6.16. The number of hydrogen-bond acceptors (Lipinski definition) is 5. The molecule has 0 spiro atoms. The smallest absolute Gasteiger partial charge is 0.196 e. The Bertz CT molecular complexity index is 1070. The molecule has 1 N–H and O–H groups in total. The van der Waals surface area contributed by atoms with Gasteiger partial charge in [0.1, 0.15) is 12.4 Å². The monoisotopic (exact) mass is 389 g/mol. The lowest BCUT2D eigenvalue weighted by Gasteiger charge is -2.26. The zero-order valence-electron chi connectivity index (χ0n) is 15.2. The van der Waals surface area contributed by atoms with Crippen molar-refractivity contribution in [1.29, 1.82) is 0 Å². The molecule has 3 aliphatic rings. The van der Waals surface area contributed by atoms with Gasteiger partial charge in [-0.2, -0.15) is 0 Å². The van der Waals surface area contributed by atoms with Crippen LogP contribution in [0.2, 0.25) is 0 Å². The molecule has 3 heterocycles. The molecule has 0 saturated carbocycles. The minimum atomic E-state index is -0.148. The standard InChI is InChI=1S/C23H19NO3S/c1-2-4-20-19(3-1)25-13-21(26-20)14-5-7-18-17(12-14)24-23(27-18)16-6-8-22-15(11-16)9-10-28-22/h1-8,11-12,21,23-24H,9-10,13H2. The van der Waals surface area contributed by atoms with Gasteiger partial charge in [-0.05, 0) is 53.9 Å². The molecule has 0 radical (unpaired) electrons. The molecular formula is C23H19NO3S. The zero-order valence-corrected chi connectivity index (χ0v) is 16.0. The van der Waals surface area contributed by atoms with Gasteiger partial charge in [0.05, 0.1) is 5.69 Å². The van der Waals surface area contributed by atoms with E-state index in [1.54, 1.807) is 0 Å². The second-order valence-corrected chi connectivity index (χ2v) is 8.36. The summed E-state index contributed by atoms with van der Waals surface area (Å²) in [6.07, 6.45) is 0.862. The van der Waals surface area contributed by atoms with Crippen LogP contribution in [0.4, 0.5) is 5.69 Å². The molecule has 0 amide bonds. The van der Waals surface area contributed by atoms with Crippen LogP contribution in [0.5, 0.6) is 17.2 Å². The molecule has 0 aromatic heterocycles. The number of hydrogen-bond donors (Lipinski definition) is 1. The van der Waals surface area contributed by atoms with Gasteiger partial charge in [-0.15, -0.1) is 11.8 Å². The summed E-state index contributed by atoms with van der Waals surface area (Å²) in [6.45, 7) is 0.503. The highest BCUT2D eigenvalue weighted by Crippen LogP contribution is 2.42. The number of para-hydroxylation sites is 2. The van der Waals surface area contributed by atoms with Crippen LogP contribution in [-0.4, -0.2) is 12.4 Å².